The largest absolute Gasteiger partial charge is 0.454 e. The van der Waals surface area contributed by atoms with Crippen molar-refractivity contribution in [2.24, 2.45) is 0 Å². The van der Waals surface area contributed by atoms with E-state index in [4.69, 9.17) is 10.5 Å². The molecule has 3 rings (SSSR count). The van der Waals surface area contributed by atoms with Gasteiger partial charge < -0.3 is 10.5 Å². The summed E-state index contributed by atoms with van der Waals surface area (Å²) in [6.45, 7) is 0. The van der Waals surface area contributed by atoms with Crippen LogP contribution < -0.4 is 10.5 Å². The smallest absolute Gasteiger partial charge is 0.161 e. The van der Waals surface area contributed by atoms with Gasteiger partial charge in [0.2, 0.25) is 0 Å². The number of fused-ring (bicyclic) bond motifs is 1. The van der Waals surface area contributed by atoms with Gasteiger partial charge in [0.25, 0.3) is 0 Å². The molecule has 0 amide bonds. The van der Waals surface area contributed by atoms with Gasteiger partial charge >= 0.3 is 0 Å². The van der Waals surface area contributed by atoms with Crippen molar-refractivity contribution in [2.45, 2.75) is 4.90 Å². The average Bonchev–Trinajstić information content (AvgIpc) is 2.51. The highest BCUT2D eigenvalue weighted by atomic mass is 79.9. The highest BCUT2D eigenvalue weighted by molar-refractivity contribution is 9.10. The molecule has 1 aromatic heterocycles. The van der Waals surface area contributed by atoms with Gasteiger partial charge in [-0.1, -0.05) is 15.9 Å². The number of aromatic nitrogens is 1. The number of nitrogens with two attached hydrogens (primary N) is 1. The van der Waals surface area contributed by atoms with Crippen LogP contribution in [0.4, 0.5) is 5.69 Å². The van der Waals surface area contributed by atoms with E-state index >= 15 is 0 Å². The highest BCUT2D eigenvalue weighted by Crippen LogP contribution is 2.35. The minimum absolute atomic E-state index is 0.523. The number of nitrogen functional groups attached to an aromatic ring is 1. The summed E-state index contributed by atoms with van der Waals surface area (Å²) < 4.78 is 6.94. The summed E-state index contributed by atoms with van der Waals surface area (Å²) in [5, 5.41) is 0.887. The predicted octanol–water partition coefficient (Wildman–Crippen LogP) is 5.09. The van der Waals surface area contributed by atoms with Gasteiger partial charge in [0.15, 0.2) is 5.75 Å². The van der Waals surface area contributed by atoms with E-state index in [1.165, 1.54) is 4.90 Å². The monoisotopic (exact) mass is 360 g/mol. The zero-order chi connectivity index (χ0) is 14.8. The Hall–Kier alpha value is -1.72. The summed E-state index contributed by atoms with van der Waals surface area (Å²) in [4.78, 5) is 5.51. The third-order valence-corrected chi connectivity index (χ3v) is 4.32. The van der Waals surface area contributed by atoms with E-state index in [1.807, 2.05) is 48.7 Å². The first-order valence-corrected chi connectivity index (χ1v) is 8.35. The van der Waals surface area contributed by atoms with Crippen molar-refractivity contribution in [3.05, 3.63) is 53.1 Å². The molecule has 0 aliphatic heterocycles. The molecule has 106 valence electrons. The Morgan fingerprint density at radius 2 is 1.90 bits per heavy atom. The normalized spacial score (nSPS) is 10.8. The van der Waals surface area contributed by atoms with Gasteiger partial charge in [-0.05, 0) is 48.7 Å². The third-order valence-electron chi connectivity index (χ3n) is 3.09. The van der Waals surface area contributed by atoms with Crippen LogP contribution in [0.1, 0.15) is 0 Å². The predicted molar refractivity (Wildman–Crippen MR) is 92.2 cm³/mol. The molecule has 3 nitrogen and oxygen atoms in total. The van der Waals surface area contributed by atoms with Gasteiger partial charge in [-0.25, -0.2) is 0 Å². The molecule has 3 aromatic rings. The molecule has 21 heavy (non-hydrogen) atoms. The van der Waals surface area contributed by atoms with Gasteiger partial charge in [0.05, 0.1) is 17.4 Å². The number of benzene rings is 2. The quantitative estimate of drug-likeness (QED) is 0.660. The molecule has 0 atom stereocenters. The van der Waals surface area contributed by atoms with Crippen LogP contribution in [0.15, 0.2) is 58.0 Å². The fourth-order valence-electron chi connectivity index (χ4n) is 2.03. The Bertz CT molecular complexity index is 785. The summed E-state index contributed by atoms with van der Waals surface area (Å²) in [5.41, 5.74) is 7.41. The Labute approximate surface area is 135 Å². The maximum absolute atomic E-state index is 6.03. The van der Waals surface area contributed by atoms with E-state index in [-0.39, 0.29) is 0 Å². The Kier molecular flexibility index (Phi) is 4.03. The Morgan fingerprint density at radius 3 is 2.62 bits per heavy atom. The maximum Gasteiger partial charge on any atom is 0.161 e. The maximum atomic E-state index is 6.03. The summed E-state index contributed by atoms with van der Waals surface area (Å²) in [5.74, 6) is 1.39. The van der Waals surface area contributed by atoms with Crippen molar-refractivity contribution in [2.75, 3.05) is 12.0 Å². The van der Waals surface area contributed by atoms with Gasteiger partial charge in [0.1, 0.15) is 5.75 Å². The topological polar surface area (TPSA) is 48.1 Å². The molecule has 0 bridgehead atoms. The number of thioether (sulfide) groups is 1. The number of ether oxygens (including phenoxy) is 1. The lowest BCUT2D eigenvalue weighted by Crippen LogP contribution is -1.95. The van der Waals surface area contributed by atoms with Gasteiger partial charge in [-0.2, -0.15) is 0 Å². The number of hydrogen-bond donors (Lipinski definition) is 1. The SMILES string of the molecule is CSc1ccc(Oc2c(N)cnc3ccc(Br)cc23)cc1. The van der Waals surface area contributed by atoms with Crippen molar-refractivity contribution in [1.82, 2.24) is 4.98 Å². The third kappa shape index (κ3) is 2.99. The van der Waals surface area contributed by atoms with Crippen molar-refractivity contribution in [3.63, 3.8) is 0 Å². The molecular weight excluding hydrogens is 348 g/mol. The van der Waals surface area contributed by atoms with E-state index < -0.39 is 0 Å². The van der Waals surface area contributed by atoms with Crippen molar-refractivity contribution in [1.29, 1.82) is 0 Å². The molecule has 1 heterocycles. The van der Waals surface area contributed by atoms with Gasteiger partial charge in [0, 0.05) is 14.8 Å². The minimum atomic E-state index is 0.523. The minimum Gasteiger partial charge on any atom is -0.454 e. The van der Waals surface area contributed by atoms with Crippen molar-refractivity contribution in [3.8, 4) is 11.5 Å². The van der Waals surface area contributed by atoms with Gasteiger partial charge in [-0.3, -0.25) is 4.98 Å². The molecule has 2 aromatic carbocycles. The van der Waals surface area contributed by atoms with Crippen LogP contribution in [0, 0.1) is 0 Å². The Balaban J connectivity index is 2.06. The number of nitrogens with zero attached hydrogens (tertiary/aromatic N) is 1. The van der Waals surface area contributed by atoms with Crippen LogP contribution >= 0.6 is 27.7 Å². The number of anilines is 1. The molecule has 0 unspecified atom stereocenters. The lowest BCUT2D eigenvalue weighted by atomic mass is 10.2. The summed E-state index contributed by atoms with van der Waals surface area (Å²) >= 11 is 5.16. The van der Waals surface area contributed by atoms with E-state index in [2.05, 4.69) is 20.9 Å². The first kappa shape index (κ1) is 14.2. The van der Waals surface area contributed by atoms with Crippen LogP contribution in [-0.4, -0.2) is 11.2 Å². The van der Waals surface area contributed by atoms with Crippen LogP contribution in [0.25, 0.3) is 10.9 Å². The summed E-state index contributed by atoms with van der Waals surface area (Å²) in [6.07, 6.45) is 3.67. The first-order valence-electron chi connectivity index (χ1n) is 6.33. The molecule has 2 N–H and O–H groups in total. The van der Waals surface area contributed by atoms with E-state index in [0.717, 1.165) is 21.1 Å². The fourth-order valence-corrected chi connectivity index (χ4v) is 2.80. The standard InChI is InChI=1S/C16H13BrN2OS/c1-21-12-5-3-11(4-6-12)20-16-13-8-10(17)2-7-15(13)19-9-14(16)18/h2-9H,18H2,1H3. The Morgan fingerprint density at radius 1 is 1.14 bits per heavy atom. The molecule has 0 saturated carbocycles. The van der Waals surface area contributed by atoms with E-state index in [1.54, 1.807) is 18.0 Å². The molecule has 0 aliphatic carbocycles. The zero-order valence-electron chi connectivity index (χ0n) is 11.3. The second-order valence-electron chi connectivity index (χ2n) is 4.48. The number of hydrogen-bond acceptors (Lipinski definition) is 4. The van der Waals surface area contributed by atoms with Gasteiger partial charge in [-0.15, -0.1) is 11.8 Å². The van der Waals surface area contributed by atoms with E-state index in [0.29, 0.717) is 11.4 Å². The van der Waals surface area contributed by atoms with Crippen molar-refractivity contribution >= 4 is 44.3 Å². The molecule has 0 radical (unpaired) electrons. The number of halogens is 1. The molecule has 0 fully saturated rings. The summed E-state index contributed by atoms with van der Waals surface area (Å²) in [7, 11) is 0. The highest BCUT2D eigenvalue weighted by Gasteiger charge is 2.10. The zero-order valence-corrected chi connectivity index (χ0v) is 13.7. The first-order chi connectivity index (χ1) is 10.2. The van der Waals surface area contributed by atoms with Crippen LogP contribution in [0.5, 0.6) is 11.5 Å². The van der Waals surface area contributed by atoms with Crippen molar-refractivity contribution < 1.29 is 4.74 Å². The van der Waals surface area contributed by atoms with Crippen LogP contribution in [0.3, 0.4) is 0 Å². The number of rotatable bonds is 3. The molecule has 0 saturated heterocycles. The molecule has 5 heteroatoms. The molecule has 0 aliphatic rings. The second kappa shape index (κ2) is 5.95. The second-order valence-corrected chi connectivity index (χ2v) is 6.28. The van der Waals surface area contributed by atoms with E-state index in [9.17, 15) is 0 Å². The van der Waals surface area contributed by atoms with Crippen LogP contribution in [0.2, 0.25) is 0 Å². The fraction of sp³-hybridized carbons (Fsp3) is 0.0625. The lowest BCUT2D eigenvalue weighted by molar-refractivity contribution is 0.490. The number of pyridine rings is 1. The average molecular weight is 361 g/mol. The summed E-state index contributed by atoms with van der Waals surface area (Å²) in [6, 6.07) is 13.8. The molecular formula is C16H13BrN2OS. The molecule has 0 spiro atoms. The lowest BCUT2D eigenvalue weighted by Gasteiger charge is -2.11. The van der Waals surface area contributed by atoms with Crippen LogP contribution in [-0.2, 0) is 0 Å².